The molecule has 6 nitrogen and oxygen atoms in total. The smallest absolute Gasteiger partial charge is 0.415 e. The van der Waals surface area contributed by atoms with E-state index in [2.05, 4.69) is 4.90 Å². The molecule has 5 heterocycles. The van der Waals surface area contributed by atoms with Crippen molar-refractivity contribution in [1.82, 2.24) is 9.47 Å². The summed E-state index contributed by atoms with van der Waals surface area (Å²) in [5.74, 6) is 0.466. The van der Waals surface area contributed by atoms with Crippen LogP contribution in [0.15, 0.2) is 23.0 Å². The van der Waals surface area contributed by atoms with Gasteiger partial charge < -0.3 is 9.30 Å². The van der Waals surface area contributed by atoms with E-state index >= 15 is 0 Å². The third-order valence-electron chi connectivity index (χ3n) is 5.85. The van der Waals surface area contributed by atoms with Gasteiger partial charge in [-0.15, -0.1) is 0 Å². The molecule has 2 aromatic rings. The van der Waals surface area contributed by atoms with Gasteiger partial charge in [-0.25, -0.2) is 4.79 Å². The molecule has 4 fully saturated rings. The molecule has 0 aliphatic carbocycles. The molecule has 1 aromatic carbocycles. The molecule has 6 rings (SSSR count). The molecule has 4 saturated heterocycles. The summed E-state index contributed by atoms with van der Waals surface area (Å²) in [6, 6.07) is 5.76. The van der Waals surface area contributed by atoms with Gasteiger partial charge in [0.05, 0.1) is 16.8 Å². The zero-order valence-corrected chi connectivity index (χ0v) is 14.3. The summed E-state index contributed by atoms with van der Waals surface area (Å²) >= 11 is 1.21. The van der Waals surface area contributed by atoms with Crippen LogP contribution in [0.4, 0.5) is 10.5 Å². The molecule has 0 radical (unpaired) electrons. The van der Waals surface area contributed by atoms with Crippen LogP contribution in [-0.2, 0) is 11.8 Å². The van der Waals surface area contributed by atoms with E-state index in [0.717, 1.165) is 48.4 Å². The van der Waals surface area contributed by atoms with Crippen molar-refractivity contribution in [2.45, 2.75) is 18.4 Å². The zero-order chi connectivity index (χ0) is 16.5. The molecule has 4 aliphatic rings. The minimum atomic E-state index is -0.355. The molecule has 2 bridgehead atoms. The molecule has 1 amide bonds. The first-order chi connectivity index (χ1) is 11.6. The number of piperidine rings is 3. The Labute approximate surface area is 143 Å². The van der Waals surface area contributed by atoms with Crippen molar-refractivity contribution in [1.29, 1.82) is 0 Å². The largest absolute Gasteiger partial charge is 0.439 e. The lowest BCUT2D eigenvalue weighted by molar-refractivity contribution is -0.0881. The summed E-state index contributed by atoms with van der Waals surface area (Å²) in [7, 11) is 1.77. The standard InChI is InChI=1S/C17H19N3O3S/c1-18-13-3-2-12(8-14(13)24-16(18)22)20-10-17(23-15(20)21)9-19-6-4-11(17)5-7-19/h2-3,8,11H,4-7,9-10H2,1H3/t17-/m1/s1. The molecule has 126 valence electrons. The van der Waals surface area contributed by atoms with Crippen molar-refractivity contribution in [3.8, 4) is 0 Å². The van der Waals surface area contributed by atoms with Crippen LogP contribution < -0.4 is 9.77 Å². The number of benzene rings is 1. The van der Waals surface area contributed by atoms with Crippen molar-refractivity contribution in [3.63, 3.8) is 0 Å². The van der Waals surface area contributed by atoms with Gasteiger partial charge in [0.2, 0.25) is 0 Å². The molecular weight excluding hydrogens is 326 g/mol. The Hall–Kier alpha value is -1.86. The summed E-state index contributed by atoms with van der Waals surface area (Å²) in [4.78, 5) is 28.6. The van der Waals surface area contributed by atoms with Crippen LogP contribution in [0.2, 0.25) is 0 Å². The zero-order valence-electron chi connectivity index (χ0n) is 13.5. The first kappa shape index (κ1) is 14.5. The van der Waals surface area contributed by atoms with Crippen LogP contribution in [0, 0.1) is 5.92 Å². The summed E-state index contributed by atoms with van der Waals surface area (Å²) in [6.07, 6.45) is 1.97. The Morgan fingerprint density at radius 2 is 2.00 bits per heavy atom. The lowest BCUT2D eigenvalue weighted by Crippen LogP contribution is -2.61. The van der Waals surface area contributed by atoms with Crippen LogP contribution in [-0.4, -0.2) is 47.3 Å². The number of thiazole rings is 1. The Morgan fingerprint density at radius 3 is 2.71 bits per heavy atom. The number of hydrogen-bond donors (Lipinski definition) is 0. The number of fused-ring (bicyclic) bond motifs is 3. The van der Waals surface area contributed by atoms with Crippen LogP contribution in [0.25, 0.3) is 10.2 Å². The van der Waals surface area contributed by atoms with Gasteiger partial charge in [0.1, 0.15) is 5.60 Å². The number of rotatable bonds is 1. The summed E-state index contributed by atoms with van der Waals surface area (Å²) in [5.41, 5.74) is 1.37. The molecule has 24 heavy (non-hydrogen) atoms. The number of carbonyl (C=O) groups excluding carboxylic acids is 1. The highest BCUT2D eigenvalue weighted by Crippen LogP contribution is 2.43. The van der Waals surface area contributed by atoms with Gasteiger partial charge in [-0.2, -0.15) is 0 Å². The summed E-state index contributed by atoms with van der Waals surface area (Å²) < 4.78 is 8.46. The fourth-order valence-corrected chi connectivity index (χ4v) is 5.41. The fraction of sp³-hybridized carbons (Fsp3) is 0.529. The molecule has 0 N–H and O–H groups in total. The van der Waals surface area contributed by atoms with Crippen molar-refractivity contribution in [3.05, 3.63) is 27.9 Å². The van der Waals surface area contributed by atoms with Crippen molar-refractivity contribution in [2.75, 3.05) is 31.1 Å². The average Bonchev–Trinajstić information content (AvgIpc) is 3.05. The van der Waals surface area contributed by atoms with E-state index in [1.54, 1.807) is 16.5 Å². The Bertz CT molecular complexity index is 896. The summed E-state index contributed by atoms with van der Waals surface area (Å²) in [6.45, 7) is 3.70. The molecule has 1 aromatic heterocycles. The van der Waals surface area contributed by atoms with Gasteiger partial charge in [-0.1, -0.05) is 11.3 Å². The fourth-order valence-electron chi connectivity index (χ4n) is 4.50. The maximum atomic E-state index is 12.6. The predicted molar refractivity (Wildman–Crippen MR) is 92.8 cm³/mol. The lowest BCUT2D eigenvalue weighted by Gasteiger charge is -2.49. The van der Waals surface area contributed by atoms with Crippen LogP contribution in [0.1, 0.15) is 12.8 Å². The second kappa shape index (κ2) is 4.83. The monoisotopic (exact) mass is 345 g/mol. The molecule has 0 saturated carbocycles. The van der Waals surface area contributed by atoms with Gasteiger partial charge in [-0.05, 0) is 44.1 Å². The van der Waals surface area contributed by atoms with Crippen molar-refractivity contribution < 1.29 is 9.53 Å². The van der Waals surface area contributed by atoms with Crippen LogP contribution in [0.5, 0.6) is 0 Å². The molecule has 7 heteroatoms. The Morgan fingerprint density at radius 1 is 1.21 bits per heavy atom. The normalized spacial score (nSPS) is 32.0. The minimum absolute atomic E-state index is 0.0139. The quantitative estimate of drug-likeness (QED) is 0.793. The molecular formula is C17H19N3O3S. The predicted octanol–water partition coefficient (Wildman–Crippen LogP) is 2.02. The first-order valence-electron chi connectivity index (χ1n) is 8.38. The SMILES string of the molecule is Cn1c(=O)sc2cc(N3C[C@@]4(CN5CCC4CC5)OC3=O)ccc21. The van der Waals surface area contributed by atoms with E-state index < -0.39 is 0 Å². The van der Waals surface area contributed by atoms with Crippen molar-refractivity contribution >= 4 is 33.3 Å². The number of aromatic nitrogens is 1. The highest BCUT2D eigenvalue weighted by atomic mass is 32.1. The van der Waals surface area contributed by atoms with Gasteiger partial charge in [0.25, 0.3) is 0 Å². The maximum Gasteiger partial charge on any atom is 0.415 e. The van der Waals surface area contributed by atoms with E-state index in [1.165, 1.54) is 11.3 Å². The van der Waals surface area contributed by atoms with Gasteiger partial charge in [0, 0.05) is 25.2 Å². The van der Waals surface area contributed by atoms with E-state index in [0.29, 0.717) is 12.5 Å². The Balaban J connectivity index is 1.51. The van der Waals surface area contributed by atoms with Crippen molar-refractivity contribution in [2.24, 2.45) is 13.0 Å². The number of ether oxygens (including phenoxy) is 1. The number of hydrogen-bond acceptors (Lipinski definition) is 5. The van der Waals surface area contributed by atoms with E-state index in [9.17, 15) is 9.59 Å². The van der Waals surface area contributed by atoms with Crippen LogP contribution >= 0.6 is 11.3 Å². The Kier molecular flexibility index (Phi) is 2.91. The van der Waals surface area contributed by atoms with Gasteiger partial charge in [-0.3, -0.25) is 14.6 Å². The van der Waals surface area contributed by atoms with Gasteiger partial charge >= 0.3 is 11.0 Å². The summed E-state index contributed by atoms with van der Waals surface area (Å²) in [5, 5.41) is 0. The number of carbonyl (C=O) groups is 1. The van der Waals surface area contributed by atoms with E-state index in [-0.39, 0.29) is 16.6 Å². The second-order valence-electron chi connectivity index (χ2n) is 7.15. The number of aryl methyl sites for hydroxylation is 1. The molecule has 0 unspecified atom stereocenters. The van der Waals surface area contributed by atoms with Gasteiger partial charge in [0.15, 0.2) is 0 Å². The highest BCUT2D eigenvalue weighted by molar-refractivity contribution is 7.16. The third kappa shape index (κ3) is 1.91. The van der Waals surface area contributed by atoms with E-state index in [4.69, 9.17) is 4.74 Å². The lowest BCUT2D eigenvalue weighted by atomic mass is 9.75. The third-order valence-corrected chi connectivity index (χ3v) is 6.84. The molecule has 1 spiro atoms. The first-order valence-corrected chi connectivity index (χ1v) is 9.20. The van der Waals surface area contributed by atoms with E-state index in [1.807, 2.05) is 18.2 Å². The molecule has 1 atom stereocenters. The highest BCUT2D eigenvalue weighted by Gasteiger charge is 2.55. The maximum absolute atomic E-state index is 12.6. The average molecular weight is 345 g/mol. The number of anilines is 1. The minimum Gasteiger partial charge on any atom is -0.439 e. The topological polar surface area (TPSA) is 54.8 Å². The second-order valence-corrected chi connectivity index (χ2v) is 8.14. The van der Waals surface area contributed by atoms with Crippen LogP contribution in [0.3, 0.4) is 0 Å². The number of nitrogens with zero attached hydrogens (tertiary/aromatic N) is 3. The molecule has 4 aliphatic heterocycles. The number of amides is 1.